The number of hydrogen-bond acceptors (Lipinski definition) is 3. The summed E-state index contributed by atoms with van der Waals surface area (Å²) in [6.07, 6.45) is 0. The lowest BCUT2D eigenvalue weighted by atomic mass is 10.0. The highest BCUT2D eigenvalue weighted by molar-refractivity contribution is 5.29. The first-order chi connectivity index (χ1) is 7.54. The molecule has 1 unspecified atom stereocenters. The average Bonchev–Trinajstić information content (AvgIpc) is 2.25. The summed E-state index contributed by atoms with van der Waals surface area (Å²) in [7, 11) is 0. The summed E-state index contributed by atoms with van der Waals surface area (Å²) in [4.78, 5) is 0. The summed E-state index contributed by atoms with van der Waals surface area (Å²) in [5.41, 5.74) is 1.03. The molecule has 0 aliphatic heterocycles. The van der Waals surface area contributed by atoms with E-state index in [4.69, 9.17) is 0 Å². The van der Waals surface area contributed by atoms with Gasteiger partial charge in [-0.1, -0.05) is 26.0 Å². The molecule has 16 heavy (non-hydrogen) atoms. The molecule has 0 saturated carbocycles. The molecule has 1 aromatic carbocycles. The summed E-state index contributed by atoms with van der Waals surface area (Å²) >= 11 is 0. The normalized spacial score (nSPS) is 15.1. The van der Waals surface area contributed by atoms with Gasteiger partial charge >= 0.3 is 0 Å². The van der Waals surface area contributed by atoms with Crippen molar-refractivity contribution in [2.75, 3.05) is 6.61 Å². The molecule has 0 bridgehead atoms. The highest BCUT2D eigenvalue weighted by Crippen LogP contribution is 2.19. The fraction of sp³-hybridized carbons (Fsp3) is 0.538. The summed E-state index contributed by atoms with van der Waals surface area (Å²) in [5, 5.41) is 22.0. The van der Waals surface area contributed by atoms with E-state index < -0.39 is 0 Å². The van der Waals surface area contributed by atoms with E-state index in [1.165, 1.54) is 0 Å². The van der Waals surface area contributed by atoms with E-state index in [1.807, 2.05) is 19.1 Å². The van der Waals surface area contributed by atoms with Crippen molar-refractivity contribution in [1.82, 2.24) is 5.32 Å². The van der Waals surface area contributed by atoms with Gasteiger partial charge in [0.1, 0.15) is 5.75 Å². The molecule has 90 valence electrons. The zero-order valence-corrected chi connectivity index (χ0v) is 10.1. The maximum absolute atomic E-state index is 9.39. The van der Waals surface area contributed by atoms with E-state index in [-0.39, 0.29) is 24.4 Å². The Morgan fingerprint density at radius 3 is 2.44 bits per heavy atom. The van der Waals surface area contributed by atoms with E-state index in [0.29, 0.717) is 5.92 Å². The van der Waals surface area contributed by atoms with Crippen LogP contribution in [0, 0.1) is 5.92 Å². The first kappa shape index (κ1) is 13.0. The maximum Gasteiger partial charge on any atom is 0.115 e. The number of aromatic hydroxyl groups is 1. The van der Waals surface area contributed by atoms with Gasteiger partial charge in [-0.05, 0) is 30.5 Å². The van der Waals surface area contributed by atoms with Crippen LogP contribution in [0.2, 0.25) is 0 Å². The molecule has 0 aliphatic rings. The Kier molecular flexibility index (Phi) is 4.77. The van der Waals surface area contributed by atoms with Gasteiger partial charge in [0.2, 0.25) is 0 Å². The minimum absolute atomic E-state index is 0.0809. The first-order valence-electron chi connectivity index (χ1n) is 5.70. The predicted molar refractivity (Wildman–Crippen MR) is 65.4 cm³/mol. The fourth-order valence-electron chi connectivity index (χ4n) is 1.67. The van der Waals surface area contributed by atoms with Crippen molar-refractivity contribution in [3.63, 3.8) is 0 Å². The van der Waals surface area contributed by atoms with Gasteiger partial charge in [0.25, 0.3) is 0 Å². The van der Waals surface area contributed by atoms with Crippen LogP contribution in [0.1, 0.15) is 32.4 Å². The number of benzene rings is 1. The third-order valence-electron chi connectivity index (χ3n) is 2.84. The summed E-state index contributed by atoms with van der Waals surface area (Å²) in [5.74, 6) is 0.654. The van der Waals surface area contributed by atoms with Gasteiger partial charge in [-0.3, -0.25) is 0 Å². The number of rotatable bonds is 5. The standard InChI is InChI=1S/C13H21NO2/c1-9(2)13(8-15)14-10(3)11-5-4-6-12(16)7-11/h4-7,9-10,13-16H,8H2,1-3H3/t10?,13-/m1/s1. The van der Waals surface area contributed by atoms with Gasteiger partial charge in [-0.2, -0.15) is 0 Å². The van der Waals surface area contributed by atoms with Crippen LogP contribution in [0.15, 0.2) is 24.3 Å². The molecule has 3 N–H and O–H groups in total. The van der Waals surface area contributed by atoms with Crippen LogP contribution in [0.3, 0.4) is 0 Å². The molecule has 0 radical (unpaired) electrons. The number of phenols is 1. The van der Waals surface area contributed by atoms with Crippen molar-refractivity contribution in [1.29, 1.82) is 0 Å². The minimum atomic E-state index is 0.0809. The van der Waals surface area contributed by atoms with Crippen LogP contribution in [-0.4, -0.2) is 22.9 Å². The minimum Gasteiger partial charge on any atom is -0.508 e. The second-order valence-electron chi connectivity index (χ2n) is 4.52. The van der Waals surface area contributed by atoms with Crippen LogP contribution in [0.5, 0.6) is 5.75 Å². The summed E-state index contributed by atoms with van der Waals surface area (Å²) in [6.45, 7) is 6.30. The highest BCUT2D eigenvalue weighted by Gasteiger charge is 2.15. The molecule has 2 atom stereocenters. The first-order valence-corrected chi connectivity index (χ1v) is 5.70. The van der Waals surface area contributed by atoms with E-state index in [9.17, 15) is 10.2 Å². The molecule has 0 aromatic heterocycles. The van der Waals surface area contributed by atoms with Crippen molar-refractivity contribution in [2.45, 2.75) is 32.9 Å². The van der Waals surface area contributed by atoms with E-state index >= 15 is 0 Å². The van der Waals surface area contributed by atoms with Crippen LogP contribution in [-0.2, 0) is 0 Å². The van der Waals surface area contributed by atoms with E-state index in [0.717, 1.165) is 5.56 Å². The molecule has 0 saturated heterocycles. The lowest BCUT2D eigenvalue weighted by Crippen LogP contribution is -2.38. The molecule has 1 rings (SSSR count). The lowest BCUT2D eigenvalue weighted by Gasteiger charge is -2.25. The Balaban J connectivity index is 2.67. The SMILES string of the molecule is CC(N[C@H](CO)C(C)C)c1cccc(O)c1. The van der Waals surface area contributed by atoms with Crippen molar-refractivity contribution in [3.05, 3.63) is 29.8 Å². The Morgan fingerprint density at radius 2 is 1.94 bits per heavy atom. The molecule has 3 heteroatoms. The smallest absolute Gasteiger partial charge is 0.115 e. The Hall–Kier alpha value is -1.06. The average molecular weight is 223 g/mol. The molecule has 0 heterocycles. The third-order valence-corrected chi connectivity index (χ3v) is 2.84. The van der Waals surface area contributed by atoms with E-state index in [2.05, 4.69) is 19.2 Å². The molecule has 0 spiro atoms. The zero-order chi connectivity index (χ0) is 12.1. The molecule has 1 aromatic rings. The molecular weight excluding hydrogens is 202 g/mol. The molecule has 0 fully saturated rings. The van der Waals surface area contributed by atoms with Gasteiger partial charge < -0.3 is 15.5 Å². The van der Waals surface area contributed by atoms with Gasteiger partial charge in [0.15, 0.2) is 0 Å². The topological polar surface area (TPSA) is 52.5 Å². The summed E-state index contributed by atoms with van der Waals surface area (Å²) < 4.78 is 0. The molecule has 0 aliphatic carbocycles. The Morgan fingerprint density at radius 1 is 1.25 bits per heavy atom. The summed E-state index contributed by atoms with van der Waals surface area (Å²) in [6, 6.07) is 7.39. The number of aliphatic hydroxyl groups excluding tert-OH is 1. The van der Waals surface area contributed by atoms with Crippen molar-refractivity contribution in [2.24, 2.45) is 5.92 Å². The zero-order valence-electron chi connectivity index (χ0n) is 10.1. The van der Waals surface area contributed by atoms with Crippen LogP contribution < -0.4 is 5.32 Å². The number of phenolic OH excluding ortho intramolecular Hbond substituents is 1. The van der Waals surface area contributed by atoms with Crippen LogP contribution >= 0.6 is 0 Å². The fourth-order valence-corrected chi connectivity index (χ4v) is 1.67. The Labute approximate surface area is 97.1 Å². The number of aliphatic hydroxyl groups is 1. The lowest BCUT2D eigenvalue weighted by molar-refractivity contribution is 0.201. The second-order valence-corrected chi connectivity index (χ2v) is 4.52. The monoisotopic (exact) mass is 223 g/mol. The van der Waals surface area contributed by atoms with Gasteiger partial charge in [0.05, 0.1) is 6.61 Å². The van der Waals surface area contributed by atoms with Crippen molar-refractivity contribution >= 4 is 0 Å². The molecule has 3 nitrogen and oxygen atoms in total. The van der Waals surface area contributed by atoms with Crippen molar-refractivity contribution < 1.29 is 10.2 Å². The predicted octanol–water partition coefficient (Wildman–Crippen LogP) is 2.06. The van der Waals surface area contributed by atoms with Gasteiger partial charge in [0, 0.05) is 12.1 Å². The van der Waals surface area contributed by atoms with Crippen molar-refractivity contribution in [3.8, 4) is 5.75 Å². The highest BCUT2D eigenvalue weighted by atomic mass is 16.3. The quantitative estimate of drug-likeness (QED) is 0.716. The molecule has 0 amide bonds. The Bertz CT molecular complexity index is 325. The van der Waals surface area contributed by atoms with Crippen LogP contribution in [0.25, 0.3) is 0 Å². The van der Waals surface area contributed by atoms with Crippen LogP contribution in [0.4, 0.5) is 0 Å². The van der Waals surface area contributed by atoms with Gasteiger partial charge in [-0.25, -0.2) is 0 Å². The maximum atomic E-state index is 9.39. The number of nitrogens with one attached hydrogen (secondary N) is 1. The molecular formula is C13H21NO2. The second kappa shape index (κ2) is 5.87. The van der Waals surface area contributed by atoms with E-state index in [1.54, 1.807) is 12.1 Å². The number of hydrogen-bond donors (Lipinski definition) is 3. The third kappa shape index (κ3) is 3.51. The van der Waals surface area contributed by atoms with Gasteiger partial charge in [-0.15, -0.1) is 0 Å². The largest absolute Gasteiger partial charge is 0.508 e.